The van der Waals surface area contributed by atoms with Crippen molar-refractivity contribution in [3.05, 3.63) is 0 Å². The number of phosphoric acid groups is 2. The highest BCUT2D eigenvalue weighted by atomic mass is 31.2. The molecule has 6 atom stereocenters. The molecule has 0 radical (unpaired) electrons. The fourth-order valence-electron chi connectivity index (χ4n) is 11.6. The van der Waals surface area contributed by atoms with Crippen LogP contribution in [0, 0.1) is 11.8 Å². The van der Waals surface area contributed by atoms with Gasteiger partial charge in [-0.05, 0) is 37.5 Å². The number of aliphatic hydroxyl groups is 1. The first-order chi connectivity index (χ1) is 45.9. The van der Waals surface area contributed by atoms with Gasteiger partial charge in [0.15, 0.2) is 12.2 Å². The summed E-state index contributed by atoms with van der Waals surface area (Å²) in [6.07, 6.45) is 55.2. The van der Waals surface area contributed by atoms with Crippen LogP contribution in [0.3, 0.4) is 0 Å². The third-order valence-corrected chi connectivity index (χ3v) is 20.0. The monoisotopic (exact) mass is 1400 g/mol. The predicted octanol–water partition coefficient (Wildman–Crippen LogP) is 22.3. The molecule has 95 heavy (non-hydrogen) atoms. The Morgan fingerprint density at radius 3 is 0.800 bits per heavy atom. The first-order valence-corrected chi connectivity index (χ1v) is 42.5. The van der Waals surface area contributed by atoms with Crippen molar-refractivity contribution in [2.75, 3.05) is 39.6 Å². The second-order valence-electron chi connectivity index (χ2n) is 28.1. The van der Waals surface area contributed by atoms with Crippen LogP contribution in [0.25, 0.3) is 0 Å². The zero-order chi connectivity index (χ0) is 70.0. The van der Waals surface area contributed by atoms with Crippen molar-refractivity contribution >= 4 is 39.5 Å². The van der Waals surface area contributed by atoms with E-state index in [1.54, 1.807) is 0 Å². The van der Waals surface area contributed by atoms with Gasteiger partial charge in [-0.3, -0.25) is 37.3 Å². The van der Waals surface area contributed by atoms with Gasteiger partial charge in [-0.25, -0.2) is 9.13 Å². The average molecular weight is 1400 g/mol. The number of unbranched alkanes of at least 4 members (excludes halogenated alkanes) is 44. The van der Waals surface area contributed by atoms with E-state index in [0.717, 1.165) is 102 Å². The Balaban J connectivity index is 5.27. The number of aliphatic hydroxyl groups excluding tert-OH is 1. The highest BCUT2D eigenvalue weighted by Crippen LogP contribution is 2.45. The molecule has 19 heteroatoms. The minimum atomic E-state index is -4.96. The van der Waals surface area contributed by atoms with Crippen LogP contribution in [0.15, 0.2) is 0 Å². The summed E-state index contributed by atoms with van der Waals surface area (Å²) in [6, 6.07) is 0. The molecular formula is C76H148O17P2. The summed E-state index contributed by atoms with van der Waals surface area (Å²) in [7, 11) is -9.91. The molecule has 0 fully saturated rings. The number of hydrogen-bond acceptors (Lipinski definition) is 15. The fraction of sp³-hybridized carbons (Fsp3) is 0.947. The first kappa shape index (κ1) is 93.1. The zero-order valence-electron chi connectivity index (χ0n) is 62.0. The standard InChI is InChI=1S/C76H148O17P2/c1-7-10-12-14-16-18-20-22-24-29-33-40-46-52-58-73(78)86-64-71(92-76(81)61-55-49-43-35-31-27-26-28-32-38-44-50-56-68(4)5)66-90-94(82,83)88-62-70(77)63-89-95(84,85)91-67-72(65-87-74(79)59-53-47-41-37-36-39-45-51-57-69(6)9-3)93-75(80)60-54-48-42-34-30-25-23-21-19-17-15-13-11-8-2/h68-72,77H,7-67H2,1-6H3,(H,82,83)(H,84,85)/t69?,70-,71-,72-/m1/s1. The molecule has 0 aromatic carbocycles. The molecule has 0 spiro atoms. The van der Waals surface area contributed by atoms with E-state index < -0.39 is 97.5 Å². The first-order valence-electron chi connectivity index (χ1n) is 39.5. The molecule has 17 nitrogen and oxygen atoms in total. The molecule has 564 valence electrons. The minimum Gasteiger partial charge on any atom is -0.462 e. The van der Waals surface area contributed by atoms with Crippen LogP contribution < -0.4 is 0 Å². The van der Waals surface area contributed by atoms with Crippen LogP contribution in [-0.2, 0) is 65.4 Å². The molecule has 0 amide bonds. The second kappa shape index (κ2) is 67.9. The maximum atomic E-state index is 13.1. The molecule has 0 aliphatic rings. The summed E-state index contributed by atoms with van der Waals surface area (Å²) in [5.74, 6) is -0.558. The van der Waals surface area contributed by atoms with Gasteiger partial charge in [0.25, 0.3) is 0 Å². The van der Waals surface area contributed by atoms with Crippen LogP contribution >= 0.6 is 15.6 Å². The topological polar surface area (TPSA) is 237 Å². The average Bonchev–Trinajstić information content (AvgIpc) is 1.97. The molecule has 0 saturated carbocycles. The molecule has 0 heterocycles. The van der Waals surface area contributed by atoms with Crippen molar-refractivity contribution in [1.29, 1.82) is 0 Å². The summed E-state index contributed by atoms with van der Waals surface area (Å²) in [4.78, 5) is 72.9. The highest BCUT2D eigenvalue weighted by Gasteiger charge is 2.30. The van der Waals surface area contributed by atoms with Crippen LogP contribution in [0.4, 0.5) is 0 Å². The highest BCUT2D eigenvalue weighted by molar-refractivity contribution is 7.47. The predicted molar refractivity (Wildman–Crippen MR) is 386 cm³/mol. The fourth-order valence-corrected chi connectivity index (χ4v) is 13.2. The third kappa shape index (κ3) is 69.0. The summed E-state index contributed by atoms with van der Waals surface area (Å²) >= 11 is 0. The molecule has 0 aromatic rings. The number of rotatable bonds is 75. The van der Waals surface area contributed by atoms with E-state index in [-0.39, 0.29) is 25.7 Å². The SMILES string of the molecule is CCCCCCCCCCCCCCCCC(=O)OC[C@H](COP(=O)(O)OC[C@@H](O)COP(=O)(O)OC[C@@H](COC(=O)CCCCCCCCCCC(C)CC)OC(=O)CCCCCCCCCCCCCCCC)OC(=O)CCCCCCCCCCCCCCC(C)C. The lowest BCUT2D eigenvalue weighted by atomic mass is 9.99. The van der Waals surface area contributed by atoms with Gasteiger partial charge < -0.3 is 33.8 Å². The molecule has 0 aromatic heterocycles. The molecule has 0 aliphatic carbocycles. The van der Waals surface area contributed by atoms with Gasteiger partial charge in [0.1, 0.15) is 19.3 Å². The van der Waals surface area contributed by atoms with E-state index in [1.165, 1.54) is 212 Å². The molecule has 0 aliphatic heterocycles. The van der Waals surface area contributed by atoms with Crippen molar-refractivity contribution in [1.82, 2.24) is 0 Å². The van der Waals surface area contributed by atoms with E-state index in [4.69, 9.17) is 37.0 Å². The van der Waals surface area contributed by atoms with Crippen LogP contribution in [0.5, 0.6) is 0 Å². The maximum Gasteiger partial charge on any atom is 0.472 e. The van der Waals surface area contributed by atoms with Crippen molar-refractivity contribution < 1.29 is 80.2 Å². The number of carbonyl (C=O) groups excluding carboxylic acids is 4. The lowest BCUT2D eigenvalue weighted by Gasteiger charge is -2.21. The Hall–Kier alpha value is -1.94. The van der Waals surface area contributed by atoms with Gasteiger partial charge in [0.2, 0.25) is 0 Å². The van der Waals surface area contributed by atoms with E-state index in [1.807, 2.05) is 0 Å². The maximum absolute atomic E-state index is 13.1. The van der Waals surface area contributed by atoms with E-state index in [2.05, 4.69) is 41.5 Å². The molecule has 0 rings (SSSR count). The summed E-state index contributed by atoms with van der Waals surface area (Å²) in [6.45, 7) is 9.62. The lowest BCUT2D eigenvalue weighted by Crippen LogP contribution is -2.30. The Labute approximate surface area is 581 Å². The van der Waals surface area contributed by atoms with Crippen LogP contribution in [-0.4, -0.2) is 96.7 Å². The van der Waals surface area contributed by atoms with Gasteiger partial charge in [0, 0.05) is 25.7 Å². The minimum absolute atomic E-state index is 0.107. The number of hydrogen-bond donors (Lipinski definition) is 3. The normalized spacial score (nSPS) is 14.3. The van der Waals surface area contributed by atoms with Gasteiger partial charge in [-0.15, -0.1) is 0 Å². The summed E-state index contributed by atoms with van der Waals surface area (Å²) in [5.41, 5.74) is 0. The van der Waals surface area contributed by atoms with Gasteiger partial charge in [-0.1, -0.05) is 343 Å². The Morgan fingerprint density at radius 1 is 0.305 bits per heavy atom. The summed E-state index contributed by atoms with van der Waals surface area (Å²) in [5, 5.41) is 10.6. The van der Waals surface area contributed by atoms with Crippen molar-refractivity contribution in [2.24, 2.45) is 11.8 Å². The van der Waals surface area contributed by atoms with Crippen LogP contribution in [0.1, 0.15) is 395 Å². The van der Waals surface area contributed by atoms with Crippen molar-refractivity contribution in [2.45, 2.75) is 413 Å². The van der Waals surface area contributed by atoms with E-state index in [0.29, 0.717) is 25.7 Å². The van der Waals surface area contributed by atoms with Gasteiger partial charge >= 0.3 is 39.5 Å². The Morgan fingerprint density at radius 2 is 0.537 bits per heavy atom. The number of esters is 4. The van der Waals surface area contributed by atoms with Crippen LogP contribution in [0.2, 0.25) is 0 Å². The van der Waals surface area contributed by atoms with Crippen molar-refractivity contribution in [3.63, 3.8) is 0 Å². The lowest BCUT2D eigenvalue weighted by molar-refractivity contribution is -0.161. The smallest absolute Gasteiger partial charge is 0.462 e. The molecule has 3 unspecified atom stereocenters. The van der Waals surface area contributed by atoms with Crippen molar-refractivity contribution in [3.8, 4) is 0 Å². The zero-order valence-corrected chi connectivity index (χ0v) is 63.8. The number of carbonyl (C=O) groups is 4. The Bertz CT molecular complexity index is 1840. The Kier molecular flexibility index (Phi) is 66.5. The summed E-state index contributed by atoms with van der Waals surface area (Å²) < 4.78 is 68.6. The molecular weight excluding hydrogens is 1250 g/mol. The van der Waals surface area contributed by atoms with E-state index in [9.17, 15) is 43.2 Å². The molecule has 0 saturated heterocycles. The molecule has 0 bridgehead atoms. The number of ether oxygens (including phenoxy) is 4. The largest absolute Gasteiger partial charge is 0.472 e. The second-order valence-corrected chi connectivity index (χ2v) is 31.0. The molecule has 3 N–H and O–H groups in total. The van der Waals surface area contributed by atoms with Gasteiger partial charge in [0.05, 0.1) is 26.4 Å². The van der Waals surface area contributed by atoms with E-state index >= 15 is 0 Å². The quantitative estimate of drug-likeness (QED) is 0.0222. The van der Waals surface area contributed by atoms with Gasteiger partial charge in [-0.2, -0.15) is 0 Å². The number of phosphoric ester groups is 2. The third-order valence-electron chi connectivity index (χ3n) is 18.1.